The van der Waals surface area contributed by atoms with E-state index in [4.69, 9.17) is 0 Å². The molecule has 3 aromatic carbocycles. The predicted molar refractivity (Wildman–Crippen MR) is 102 cm³/mol. The van der Waals surface area contributed by atoms with Crippen LogP contribution in [0.15, 0.2) is 72.8 Å². The van der Waals surface area contributed by atoms with E-state index in [0.717, 1.165) is 17.7 Å². The number of fused-ring (bicyclic) bond motifs is 5. The summed E-state index contributed by atoms with van der Waals surface area (Å²) in [7, 11) is 0. The first kappa shape index (κ1) is 15.2. The zero-order valence-corrected chi connectivity index (χ0v) is 14.2. The van der Waals surface area contributed by atoms with Crippen molar-refractivity contribution in [1.29, 1.82) is 0 Å². The van der Waals surface area contributed by atoms with Crippen molar-refractivity contribution in [3.05, 3.63) is 101 Å². The highest BCUT2D eigenvalue weighted by atomic mass is 16.4. The number of hydrogen-bond acceptors (Lipinski definition) is 2. The molecular weight excluding hydrogens is 322 g/mol. The lowest BCUT2D eigenvalue weighted by atomic mass is 9.75. The summed E-state index contributed by atoms with van der Waals surface area (Å²) in [6, 6.07) is 24.8. The molecule has 3 aromatic rings. The molecule has 2 aliphatic rings. The Balaban J connectivity index is 1.70. The quantitative estimate of drug-likeness (QED) is 0.700. The standard InChI is InChI=1S/C23H19NO2/c25-23(26)16-10-11-20-18(13-16)21-17-9-5-4-8-15(17)12-19(21)22(24-20)14-6-2-1-3-7-14/h1-11,13,19,21-22,24H,12H2,(H,25,26)/t19-,21-,22-/m1/s1. The van der Waals surface area contributed by atoms with Gasteiger partial charge in [-0.15, -0.1) is 0 Å². The molecular formula is C23H19NO2. The Morgan fingerprint density at radius 3 is 2.50 bits per heavy atom. The fourth-order valence-corrected chi connectivity index (χ4v) is 4.68. The van der Waals surface area contributed by atoms with Crippen LogP contribution in [0.25, 0.3) is 0 Å². The number of carboxylic acid groups (broad SMARTS) is 1. The normalized spacial score (nSPS) is 22.7. The molecule has 0 amide bonds. The van der Waals surface area contributed by atoms with Gasteiger partial charge in [0.2, 0.25) is 0 Å². The van der Waals surface area contributed by atoms with E-state index >= 15 is 0 Å². The van der Waals surface area contributed by atoms with Crippen LogP contribution in [0.2, 0.25) is 0 Å². The maximum Gasteiger partial charge on any atom is 0.335 e. The molecule has 0 radical (unpaired) electrons. The monoisotopic (exact) mass is 341 g/mol. The van der Waals surface area contributed by atoms with Gasteiger partial charge in [0.25, 0.3) is 0 Å². The van der Waals surface area contributed by atoms with Gasteiger partial charge in [-0.25, -0.2) is 4.79 Å². The number of benzene rings is 3. The van der Waals surface area contributed by atoms with Gasteiger partial charge < -0.3 is 10.4 Å². The van der Waals surface area contributed by atoms with E-state index in [2.05, 4.69) is 53.8 Å². The molecule has 0 saturated heterocycles. The second-order valence-electron chi connectivity index (χ2n) is 7.18. The van der Waals surface area contributed by atoms with E-state index in [1.54, 1.807) is 6.07 Å². The van der Waals surface area contributed by atoms with Crippen molar-refractivity contribution in [3.63, 3.8) is 0 Å². The smallest absolute Gasteiger partial charge is 0.335 e. The number of rotatable bonds is 2. The third-order valence-electron chi connectivity index (χ3n) is 5.81. The minimum absolute atomic E-state index is 0.219. The van der Waals surface area contributed by atoms with Crippen LogP contribution in [0.4, 0.5) is 5.69 Å². The van der Waals surface area contributed by atoms with Crippen LogP contribution in [0.3, 0.4) is 0 Å². The SMILES string of the molecule is O=C(O)c1ccc2c(c1)[C@H]1c3ccccc3C[C@H]1[C@@H](c1ccccc1)N2. The first-order valence-electron chi connectivity index (χ1n) is 8.99. The van der Waals surface area contributed by atoms with Crippen LogP contribution in [0.5, 0.6) is 0 Å². The van der Waals surface area contributed by atoms with E-state index < -0.39 is 5.97 Å². The molecule has 1 aliphatic heterocycles. The Kier molecular flexibility index (Phi) is 3.35. The number of carboxylic acids is 1. The number of anilines is 1. The molecule has 1 heterocycles. The second kappa shape index (κ2) is 5.73. The molecule has 0 spiro atoms. The Morgan fingerprint density at radius 2 is 1.69 bits per heavy atom. The van der Waals surface area contributed by atoms with Crippen LogP contribution in [0.1, 0.15) is 44.6 Å². The minimum atomic E-state index is -0.874. The van der Waals surface area contributed by atoms with Crippen molar-refractivity contribution in [2.75, 3.05) is 5.32 Å². The summed E-state index contributed by atoms with van der Waals surface area (Å²) in [4.78, 5) is 11.5. The number of carbonyl (C=O) groups is 1. The van der Waals surface area contributed by atoms with Crippen molar-refractivity contribution in [3.8, 4) is 0 Å². The van der Waals surface area contributed by atoms with E-state index in [0.29, 0.717) is 11.5 Å². The van der Waals surface area contributed by atoms with E-state index in [1.807, 2.05) is 18.2 Å². The van der Waals surface area contributed by atoms with E-state index in [9.17, 15) is 9.90 Å². The van der Waals surface area contributed by atoms with Crippen molar-refractivity contribution in [2.24, 2.45) is 5.92 Å². The third-order valence-corrected chi connectivity index (χ3v) is 5.81. The van der Waals surface area contributed by atoms with Crippen LogP contribution in [-0.2, 0) is 6.42 Å². The molecule has 3 atom stereocenters. The van der Waals surface area contributed by atoms with Gasteiger partial charge >= 0.3 is 5.97 Å². The molecule has 3 heteroatoms. The van der Waals surface area contributed by atoms with Crippen molar-refractivity contribution in [1.82, 2.24) is 0 Å². The average molecular weight is 341 g/mol. The summed E-state index contributed by atoms with van der Waals surface area (Å²) in [5.41, 5.74) is 6.49. The molecule has 2 N–H and O–H groups in total. The maximum absolute atomic E-state index is 11.5. The Hall–Kier alpha value is -3.07. The summed E-state index contributed by atoms with van der Waals surface area (Å²) < 4.78 is 0. The number of hydrogen-bond donors (Lipinski definition) is 2. The minimum Gasteiger partial charge on any atom is -0.478 e. The Labute approximate surface area is 152 Å². The highest BCUT2D eigenvalue weighted by molar-refractivity contribution is 5.89. The fourth-order valence-electron chi connectivity index (χ4n) is 4.68. The predicted octanol–water partition coefficient (Wildman–Crippen LogP) is 4.86. The summed E-state index contributed by atoms with van der Waals surface area (Å²) in [5, 5.41) is 13.1. The maximum atomic E-state index is 11.5. The zero-order valence-electron chi connectivity index (χ0n) is 14.2. The number of nitrogens with one attached hydrogen (secondary N) is 1. The lowest BCUT2D eigenvalue weighted by molar-refractivity contribution is 0.0696. The largest absolute Gasteiger partial charge is 0.478 e. The lowest BCUT2D eigenvalue weighted by Gasteiger charge is -2.38. The van der Waals surface area contributed by atoms with Crippen molar-refractivity contribution < 1.29 is 9.90 Å². The van der Waals surface area contributed by atoms with Gasteiger partial charge in [0.05, 0.1) is 11.6 Å². The molecule has 0 bridgehead atoms. The summed E-state index contributed by atoms with van der Waals surface area (Å²) in [6.07, 6.45) is 1.00. The molecule has 0 unspecified atom stereocenters. The molecule has 5 rings (SSSR count). The van der Waals surface area contributed by atoms with Crippen molar-refractivity contribution in [2.45, 2.75) is 18.4 Å². The van der Waals surface area contributed by atoms with Crippen LogP contribution < -0.4 is 5.32 Å². The van der Waals surface area contributed by atoms with Gasteiger partial charge in [0.1, 0.15) is 0 Å². The third kappa shape index (κ3) is 2.24. The lowest BCUT2D eigenvalue weighted by Crippen LogP contribution is -2.30. The molecule has 128 valence electrons. The molecule has 0 saturated carbocycles. The van der Waals surface area contributed by atoms with Gasteiger partial charge in [-0.05, 0) is 52.8 Å². The van der Waals surface area contributed by atoms with Gasteiger partial charge in [-0.1, -0.05) is 54.6 Å². The van der Waals surface area contributed by atoms with Crippen LogP contribution in [-0.4, -0.2) is 11.1 Å². The molecule has 26 heavy (non-hydrogen) atoms. The van der Waals surface area contributed by atoms with Crippen LogP contribution in [0, 0.1) is 5.92 Å². The zero-order chi connectivity index (χ0) is 17.7. The first-order valence-corrected chi connectivity index (χ1v) is 8.99. The second-order valence-corrected chi connectivity index (χ2v) is 7.18. The number of aromatic carboxylic acids is 1. The Bertz CT molecular complexity index is 996. The highest BCUT2D eigenvalue weighted by Crippen LogP contribution is 2.53. The molecule has 3 nitrogen and oxygen atoms in total. The summed E-state index contributed by atoms with van der Waals surface area (Å²) in [6.45, 7) is 0. The topological polar surface area (TPSA) is 49.3 Å². The first-order chi connectivity index (χ1) is 12.7. The van der Waals surface area contributed by atoms with Crippen LogP contribution >= 0.6 is 0 Å². The Morgan fingerprint density at radius 1 is 0.923 bits per heavy atom. The summed E-state index contributed by atoms with van der Waals surface area (Å²) in [5.74, 6) is -0.265. The summed E-state index contributed by atoms with van der Waals surface area (Å²) >= 11 is 0. The average Bonchev–Trinajstić information content (AvgIpc) is 3.07. The van der Waals surface area contributed by atoms with Gasteiger partial charge in [-0.3, -0.25) is 0 Å². The molecule has 0 aromatic heterocycles. The molecule has 1 aliphatic carbocycles. The van der Waals surface area contributed by atoms with E-state index in [1.165, 1.54) is 16.7 Å². The van der Waals surface area contributed by atoms with Crippen molar-refractivity contribution >= 4 is 11.7 Å². The van der Waals surface area contributed by atoms with Gasteiger partial charge in [0, 0.05) is 11.6 Å². The fraction of sp³-hybridized carbons (Fsp3) is 0.174. The molecule has 0 fully saturated rings. The van der Waals surface area contributed by atoms with Gasteiger partial charge in [0.15, 0.2) is 0 Å². The van der Waals surface area contributed by atoms with Gasteiger partial charge in [-0.2, -0.15) is 0 Å². The highest BCUT2D eigenvalue weighted by Gasteiger charge is 2.43. The van der Waals surface area contributed by atoms with E-state index in [-0.39, 0.29) is 12.0 Å².